The van der Waals surface area contributed by atoms with Gasteiger partial charge in [0.25, 0.3) is 21.8 Å². The van der Waals surface area contributed by atoms with E-state index in [-0.39, 0.29) is 15.7 Å². The summed E-state index contributed by atoms with van der Waals surface area (Å²) in [4.78, 5) is 30.0. The van der Waals surface area contributed by atoms with Crippen molar-refractivity contribution in [3.63, 3.8) is 0 Å². The molecule has 0 saturated heterocycles. The number of aromatic nitrogens is 1. The normalized spacial score (nSPS) is 11.6. The van der Waals surface area contributed by atoms with Gasteiger partial charge in [-0.2, -0.15) is 0 Å². The lowest BCUT2D eigenvalue weighted by atomic mass is 10.2. The van der Waals surface area contributed by atoms with E-state index >= 15 is 0 Å². The van der Waals surface area contributed by atoms with E-state index < -0.39 is 21.8 Å². The predicted octanol–water partition coefficient (Wildman–Crippen LogP) is 5.18. The van der Waals surface area contributed by atoms with Gasteiger partial charge in [-0.25, -0.2) is 13.4 Å². The van der Waals surface area contributed by atoms with E-state index in [0.717, 1.165) is 15.8 Å². The zero-order valence-corrected chi connectivity index (χ0v) is 21.8. The van der Waals surface area contributed by atoms with Crippen LogP contribution in [0.5, 0.6) is 0 Å². The van der Waals surface area contributed by atoms with Crippen LogP contribution in [0.4, 0.5) is 10.8 Å². The van der Waals surface area contributed by atoms with Gasteiger partial charge in [-0.3, -0.25) is 14.3 Å². The molecule has 3 N–H and O–H groups in total. The minimum absolute atomic E-state index is 0.0160. The monoisotopic (exact) mass is 588 g/mol. The van der Waals surface area contributed by atoms with Gasteiger partial charge in [0.1, 0.15) is 5.70 Å². The van der Waals surface area contributed by atoms with E-state index in [2.05, 4.69) is 36.3 Å². The third-order valence-corrected chi connectivity index (χ3v) is 8.07. The summed E-state index contributed by atoms with van der Waals surface area (Å²) in [7, 11) is -3.82. The Labute approximate surface area is 217 Å². The molecule has 2 aromatic carbocycles. The quantitative estimate of drug-likeness (QED) is 0.245. The molecule has 0 aliphatic rings. The Balaban J connectivity index is 1.52. The number of nitrogens with one attached hydrogen (secondary N) is 3. The Bertz CT molecular complexity index is 1450. The van der Waals surface area contributed by atoms with E-state index in [0.29, 0.717) is 16.1 Å². The van der Waals surface area contributed by atoms with Crippen molar-refractivity contribution in [3.8, 4) is 0 Å². The molecule has 12 heteroatoms. The van der Waals surface area contributed by atoms with Crippen LogP contribution in [0.25, 0.3) is 6.08 Å². The summed E-state index contributed by atoms with van der Waals surface area (Å²) in [5.74, 6) is -0.970. The van der Waals surface area contributed by atoms with Crippen molar-refractivity contribution in [1.82, 2.24) is 10.3 Å². The van der Waals surface area contributed by atoms with Crippen molar-refractivity contribution < 1.29 is 18.0 Å². The minimum Gasteiger partial charge on any atom is -0.321 e. The molecule has 178 valence electrons. The molecule has 0 aliphatic heterocycles. The average Bonchev–Trinajstić information content (AvgIpc) is 3.55. The van der Waals surface area contributed by atoms with Crippen LogP contribution >= 0.6 is 38.6 Å². The van der Waals surface area contributed by atoms with Crippen LogP contribution in [0.1, 0.15) is 15.2 Å². The molecule has 4 aromatic rings. The van der Waals surface area contributed by atoms with Crippen molar-refractivity contribution in [3.05, 3.63) is 98.2 Å². The van der Waals surface area contributed by atoms with Crippen LogP contribution in [-0.4, -0.2) is 25.2 Å². The zero-order valence-electron chi connectivity index (χ0n) is 17.8. The SMILES string of the molecule is O=C(Nc1ccc(S(=O)(=O)Nc2nccs2)cc1)/C(=C\c1ccc(Br)cc1)NC(=O)c1cccs1. The van der Waals surface area contributed by atoms with Crippen molar-refractivity contribution in [2.24, 2.45) is 0 Å². The van der Waals surface area contributed by atoms with Gasteiger partial charge in [0.05, 0.1) is 9.77 Å². The number of thiophene rings is 1. The van der Waals surface area contributed by atoms with Crippen molar-refractivity contribution in [1.29, 1.82) is 0 Å². The van der Waals surface area contributed by atoms with Crippen LogP contribution in [0, 0.1) is 0 Å². The molecule has 2 aromatic heterocycles. The first-order valence-electron chi connectivity index (χ1n) is 9.96. The molecule has 0 aliphatic carbocycles. The molecule has 0 fully saturated rings. The molecule has 0 saturated carbocycles. The standard InChI is InChI=1S/C23H17BrN4O4S3/c24-16-5-3-15(4-6-16)14-19(27-22(30)20-2-1-12-33-20)21(29)26-17-7-9-18(10-8-17)35(31,32)28-23-25-11-13-34-23/h1-14H,(H,25,28)(H,26,29)(H,27,30)/b19-14+. The molecule has 2 amide bonds. The first kappa shape index (κ1) is 24.8. The number of halogens is 1. The molecule has 2 heterocycles. The minimum atomic E-state index is -3.82. The molecule has 0 radical (unpaired) electrons. The first-order chi connectivity index (χ1) is 16.8. The van der Waals surface area contributed by atoms with Gasteiger partial charge in [-0.05, 0) is 59.5 Å². The molecular weight excluding hydrogens is 572 g/mol. The van der Waals surface area contributed by atoms with Gasteiger partial charge in [0.2, 0.25) is 0 Å². The lowest BCUT2D eigenvalue weighted by Gasteiger charge is -2.11. The van der Waals surface area contributed by atoms with Crippen LogP contribution in [0.2, 0.25) is 0 Å². The molecule has 0 unspecified atom stereocenters. The summed E-state index contributed by atoms with van der Waals surface area (Å²) in [5.41, 5.74) is 1.10. The Morgan fingerprint density at radius 2 is 1.69 bits per heavy atom. The number of rotatable bonds is 8. The number of benzene rings is 2. The van der Waals surface area contributed by atoms with Crippen LogP contribution < -0.4 is 15.4 Å². The van der Waals surface area contributed by atoms with Crippen LogP contribution in [0.3, 0.4) is 0 Å². The summed E-state index contributed by atoms with van der Waals surface area (Å²) >= 11 is 5.79. The first-order valence-corrected chi connectivity index (χ1v) is 14.0. The summed E-state index contributed by atoms with van der Waals surface area (Å²) in [6, 6.07) is 16.3. The highest BCUT2D eigenvalue weighted by atomic mass is 79.9. The Morgan fingerprint density at radius 3 is 2.31 bits per heavy atom. The van der Waals surface area contributed by atoms with E-state index in [1.54, 1.807) is 41.1 Å². The fraction of sp³-hybridized carbons (Fsp3) is 0. The molecule has 0 atom stereocenters. The third-order valence-electron chi connectivity index (χ3n) is 4.50. The van der Waals surface area contributed by atoms with Gasteiger partial charge in [-0.1, -0.05) is 34.1 Å². The maximum atomic E-state index is 13.0. The smallest absolute Gasteiger partial charge is 0.272 e. The molecule has 4 rings (SSSR count). The van der Waals surface area contributed by atoms with Crippen LogP contribution in [-0.2, 0) is 14.8 Å². The van der Waals surface area contributed by atoms with Gasteiger partial charge >= 0.3 is 0 Å². The number of carbonyl (C=O) groups excluding carboxylic acids is 2. The number of carbonyl (C=O) groups is 2. The van der Waals surface area contributed by atoms with Gasteiger partial charge < -0.3 is 10.6 Å². The second-order valence-electron chi connectivity index (χ2n) is 6.96. The molecule has 0 bridgehead atoms. The van der Waals surface area contributed by atoms with Crippen molar-refractivity contribution >= 4 is 77.3 Å². The van der Waals surface area contributed by atoms with Gasteiger partial charge in [-0.15, -0.1) is 22.7 Å². The van der Waals surface area contributed by atoms with E-state index in [1.165, 1.54) is 41.8 Å². The van der Waals surface area contributed by atoms with Crippen molar-refractivity contribution in [2.45, 2.75) is 4.90 Å². The van der Waals surface area contributed by atoms with Gasteiger partial charge in [0, 0.05) is 21.7 Å². The summed E-state index contributed by atoms with van der Waals surface area (Å²) in [6.45, 7) is 0. The summed E-state index contributed by atoms with van der Waals surface area (Å²) in [6.07, 6.45) is 3.06. The lowest BCUT2D eigenvalue weighted by molar-refractivity contribution is -0.113. The zero-order chi connectivity index (χ0) is 24.8. The van der Waals surface area contributed by atoms with Crippen molar-refractivity contribution in [2.75, 3.05) is 10.0 Å². The molecule has 35 heavy (non-hydrogen) atoms. The highest BCUT2D eigenvalue weighted by molar-refractivity contribution is 9.10. The summed E-state index contributed by atoms with van der Waals surface area (Å²) < 4.78 is 28.3. The van der Waals surface area contributed by atoms with E-state index in [9.17, 15) is 18.0 Å². The topological polar surface area (TPSA) is 117 Å². The molecule has 8 nitrogen and oxygen atoms in total. The van der Waals surface area contributed by atoms with E-state index in [4.69, 9.17) is 0 Å². The highest BCUT2D eigenvalue weighted by Crippen LogP contribution is 2.20. The largest absolute Gasteiger partial charge is 0.321 e. The number of hydrogen-bond donors (Lipinski definition) is 3. The average molecular weight is 590 g/mol. The number of nitrogens with zero attached hydrogens (tertiary/aromatic N) is 1. The summed E-state index contributed by atoms with van der Waals surface area (Å²) in [5, 5.41) is 9.04. The fourth-order valence-electron chi connectivity index (χ4n) is 2.84. The second kappa shape index (κ2) is 11.0. The maximum Gasteiger partial charge on any atom is 0.272 e. The Kier molecular flexibility index (Phi) is 7.76. The third kappa shape index (κ3) is 6.63. The number of thiazole rings is 1. The number of amides is 2. The van der Waals surface area contributed by atoms with E-state index in [1.807, 2.05) is 12.1 Å². The second-order valence-corrected chi connectivity index (χ2v) is 11.4. The Hall–Kier alpha value is -3.32. The highest BCUT2D eigenvalue weighted by Gasteiger charge is 2.18. The number of sulfonamides is 1. The Morgan fingerprint density at radius 1 is 0.943 bits per heavy atom. The predicted molar refractivity (Wildman–Crippen MR) is 142 cm³/mol. The maximum absolute atomic E-state index is 13.0. The molecular formula is C23H17BrN4O4S3. The fourth-order valence-corrected chi connectivity index (χ4v) is 5.51. The molecule has 0 spiro atoms. The van der Waals surface area contributed by atoms with Crippen LogP contribution in [0.15, 0.2) is 92.7 Å². The number of anilines is 2. The lowest BCUT2D eigenvalue weighted by Crippen LogP contribution is -2.30. The van der Waals surface area contributed by atoms with Gasteiger partial charge in [0.15, 0.2) is 5.13 Å². The number of hydrogen-bond acceptors (Lipinski definition) is 7.